The Morgan fingerprint density at radius 1 is 1.45 bits per heavy atom. The van der Waals surface area contributed by atoms with Crippen LogP contribution in [0.1, 0.15) is 5.56 Å². The average Bonchev–Trinajstić information content (AvgIpc) is 2.33. The van der Waals surface area contributed by atoms with Crippen molar-refractivity contribution in [3.8, 4) is 5.75 Å². The zero-order valence-electron chi connectivity index (χ0n) is 10.8. The van der Waals surface area contributed by atoms with E-state index in [9.17, 15) is 18.3 Å². The standard InChI is InChI=1S/C12H15NO6S/c1-19-10-2-3-11(8(4-10)5-12(15)16)20(17,18)13-6-9(14)7-13/h2-4,9,14H,5-7H2,1H3,(H,15,16). The Morgan fingerprint density at radius 3 is 2.60 bits per heavy atom. The van der Waals surface area contributed by atoms with Crippen molar-refractivity contribution < 1.29 is 28.2 Å². The topological polar surface area (TPSA) is 104 Å². The van der Waals surface area contributed by atoms with Crippen molar-refractivity contribution in [2.75, 3.05) is 20.2 Å². The van der Waals surface area contributed by atoms with E-state index >= 15 is 0 Å². The predicted molar refractivity (Wildman–Crippen MR) is 69.1 cm³/mol. The van der Waals surface area contributed by atoms with E-state index in [1.54, 1.807) is 0 Å². The summed E-state index contributed by atoms with van der Waals surface area (Å²) in [4.78, 5) is 10.8. The molecule has 2 rings (SSSR count). The lowest BCUT2D eigenvalue weighted by molar-refractivity contribution is -0.136. The summed E-state index contributed by atoms with van der Waals surface area (Å²) in [6.45, 7) is 0.0573. The highest BCUT2D eigenvalue weighted by Gasteiger charge is 2.36. The highest BCUT2D eigenvalue weighted by Crippen LogP contribution is 2.27. The van der Waals surface area contributed by atoms with Crippen LogP contribution in [0.15, 0.2) is 23.1 Å². The normalized spacial score (nSPS) is 16.7. The van der Waals surface area contributed by atoms with E-state index < -0.39 is 28.5 Å². The zero-order valence-corrected chi connectivity index (χ0v) is 11.6. The highest BCUT2D eigenvalue weighted by molar-refractivity contribution is 7.89. The maximum atomic E-state index is 12.3. The Kier molecular flexibility index (Phi) is 3.98. The number of carbonyl (C=O) groups is 1. The number of carboxylic acid groups (broad SMARTS) is 1. The van der Waals surface area contributed by atoms with Crippen molar-refractivity contribution in [3.05, 3.63) is 23.8 Å². The number of aliphatic carboxylic acids is 1. The molecular formula is C12H15NO6S. The van der Waals surface area contributed by atoms with Gasteiger partial charge in [0.2, 0.25) is 10.0 Å². The van der Waals surface area contributed by atoms with E-state index in [0.717, 1.165) is 4.31 Å². The van der Waals surface area contributed by atoms with E-state index in [1.165, 1.54) is 25.3 Å². The van der Waals surface area contributed by atoms with Gasteiger partial charge in [-0.3, -0.25) is 4.79 Å². The van der Waals surface area contributed by atoms with Crippen LogP contribution in [0, 0.1) is 0 Å². The number of nitrogens with zero attached hydrogens (tertiary/aromatic N) is 1. The maximum absolute atomic E-state index is 12.3. The molecule has 0 atom stereocenters. The van der Waals surface area contributed by atoms with E-state index in [0.29, 0.717) is 5.75 Å². The summed E-state index contributed by atoms with van der Waals surface area (Å²) >= 11 is 0. The van der Waals surface area contributed by atoms with Crippen LogP contribution in [0.2, 0.25) is 0 Å². The van der Waals surface area contributed by atoms with Gasteiger partial charge in [-0.2, -0.15) is 4.31 Å². The van der Waals surface area contributed by atoms with E-state index in [4.69, 9.17) is 9.84 Å². The van der Waals surface area contributed by atoms with Gasteiger partial charge >= 0.3 is 5.97 Å². The fraction of sp³-hybridized carbons (Fsp3) is 0.417. The van der Waals surface area contributed by atoms with Crippen LogP contribution < -0.4 is 4.74 Å². The van der Waals surface area contributed by atoms with Gasteiger partial charge < -0.3 is 14.9 Å². The van der Waals surface area contributed by atoms with Crippen molar-refractivity contribution in [1.82, 2.24) is 4.31 Å². The molecule has 1 saturated heterocycles. The maximum Gasteiger partial charge on any atom is 0.307 e. The number of ether oxygens (including phenoxy) is 1. The molecule has 0 unspecified atom stereocenters. The lowest BCUT2D eigenvalue weighted by Crippen LogP contribution is -2.53. The van der Waals surface area contributed by atoms with Gasteiger partial charge in [0.25, 0.3) is 0 Å². The molecule has 7 nitrogen and oxygen atoms in total. The smallest absolute Gasteiger partial charge is 0.307 e. The molecule has 20 heavy (non-hydrogen) atoms. The minimum atomic E-state index is -3.78. The minimum Gasteiger partial charge on any atom is -0.497 e. The molecule has 2 N–H and O–H groups in total. The summed E-state index contributed by atoms with van der Waals surface area (Å²) in [7, 11) is -2.37. The third-order valence-electron chi connectivity index (χ3n) is 3.06. The highest BCUT2D eigenvalue weighted by atomic mass is 32.2. The summed E-state index contributed by atoms with van der Waals surface area (Å²) in [5.74, 6) is -0.734. The summed E-state index contributed by atoms with van der Waals surface area (Å²) < 4.78 is 30.8. The molecular weight excluding hydrogens is 286 g/mol. The second kappa shape index (κ2) is 5.39. The third-order valence-corrected chi connectivity index (χ3v) is 4.99. The number of aliphatic hydroxyl groups excluding tert-OH is 1. The number of hydrogen-bond donors (Lipinski definition) is 2. The molecule has 0 radical (unpaired) electrons. The number of β-amino-alcohol motifs (C(OH)–C–C–N with tert-alkyl or cyclic N) is 1. The van der Waals surface area contributed by atoms with E-state index in [1.807, 2.05) is 0 Å². The first-order chi connectivity index (χ1) is 9.34. The Balaban J connectivity index is 2.42. The number of rotatable bonds is 5. The molecule has 0 saturated carbocycles. The zero-order chi connectivity index (χ0) is 14.9. The molecule has 1 aromatic carbocycles. The minimum absolute atomic E-state index is 0.0286. The van der Waals surface area contributed by atoms with Gasteiger partial charge in [-0.25, -0.2) is 8.42 Å². The van der Waals surface area contributed by atoms with Crippen molar-refractivity contribution in [2.24, 2.45) is 0 Å². The number of methoxy groups -OCH3 is 1. The van der Waals surface area contributed by atoms with Gasteiger partial charge in [0, 0.05) is 13.1 Å². The molecule has 8 heteroatoms. The Hall–Kier alpha value is -1.64. The number of carboxylic acids is 1. The number of hydrogen-bond acceptors (Lipinski definition) is 5. The summed E-state index contributed by atoms with van der Waals surface area (Å²) in [6, 6.07) is 4.20. The predicted octanol–water partition coefficient (Wildman–Crippen LogP) is -0.313. The van der Waals surface area contributed by atoms with Crippen LogP contribution in [-0.2, 0) is 21.2 Å². The fourth-order valence-corrected chi connectivity index (χ4v) is 3.70. The van der Waals surface area contributed by atoms with E-state index in [2.05, 4.69) is 0 Å². The fourth-order valence-electron chi connectivity index (χ4n) is 1.99. The summed E-state index contributed by atoms with van der Waals surface area (Å²) in [6.07, 6.45) is -1.08. The van der Waals surface area contributed by atoms with Crippen LogP contribution in [0.5, 0.6) is 5.75 Å². The second-order valence-corrected chi connectivity index (χ2v) is 6.43. The van der Waals surface area contributed by atoms with E-state index in [-0.39, 0.29) is 23.5 Å². The molecule has 0 amide bonds. The third kappa shape index (κ3) is 2.77. The monoisotopic (exact) mass is 301 g/mol. The van der Waals surface area contributed by atoms with Crippen molar-refractivity contribution in [2.45, 2.75) is 17.4 Å². The van der Waals surface area contributed by atoms with Crippen LogP contribution >= 0.6 is 0 Å². The molecule has 0 bridgehead atoms. The molecule has 1 aromatic rings. The molecule has 0 spiro atoms. The SMILES string of the molecule is COc1ccc(S(=O)(=O)N2CC(O)C2)c(CC(=O)O)c1. The van der Waals surface area contributed by atoms with Crippen LogP contribution in [0.3, 0.4) is 0 Å². The summed E-state index contributed by atoms with van der Waals surface area (Å²) in [5.41, 5.74) is 0.165. The van der Waals surface area contributed by atoms with Crippen LogP contribution in [0.25, 0.3) is 0 Å². The average molecular weight is 301 g/mol. The first-order valence-electron chi connectivity index (χ1n) is 5.91. The summed E-state index contributed by atoms with van der Waals surface area (Å²) in [5, 5.41) is 18.1. The van der Waals surface area contributed by atoms with Gasteiger partial charge in [-0.05, 0) is 23.8 Å². The van der Waals surface area contributed by atoms with Crippen LogP contribution in [-0.4, -0.2) is 55.2 Å². The Bertz CT molecular complexity index is 621. The lowest BCUT2D eigenvalue weighted by atomic mass is 10.1. The molecule has 0 aliphatic carbocycles. The first-order valence-corrected chi connectivity index (χ1v) is 7.35. The molecule has 1 fully saturated rings. The molecule has 0 aromatic heterocycles. The Morgan fingerprint density at radius 2 is 2.10 bits per heavy atom. The van der Waals surface area contributed by atoms with Crippen molar-refractivity contribution >= 4 is 16.0 Å². The van der Waals surface area contributed by atoms with Crippen molar-refractivity contribution in [1.29, 1.82) is 0 Å². The first kappa shape index (κ1) is 14.8. The van der Waals surface area contributed by atoms with Gasteiger partial charge in [0.15, 0.2) is 0 Å². The van der Waals surface area contributed by atoms with Crippen molar-refractivity contribution in [3.63, 3.8) is 0 Å². The molecule has 110 valence electrons. The molecule has 1 aliphatic heterocycles. The second-order valence-electron chi connectivity index (χ2n) is 4.52. The number of benzene rings is 1. The van der Waals surface area contributed by atoms with Gasteiger partial charge in [0.05, 0.1) is 24.5 Å². The molecule has 1 aliphatic rings. The van der Waals surface area contributed by atoms with Gasteiger partial charge in [-0.1, -0.05) is 0 Å². The van der Waals surface area contributed by atoms with Gasteiger partial charge in [0.1, 0.15) is 5.75 Å². The number of aliphatic hydroxyl groups is 1. The molecule has 1 heterocycles. The number of sulfonamides is 1. The van der Waals surface area contributed by atoms with Gasteiger partial charge in [-0.15, -0.1) is 0 Å². The largest absolute Gasteiger partial charge is 0.497 e. The lowest BCUT2D eigenvalue weighted by Gasteiger charge is -2.35. The Labute approximate surface area is 116 Å². The van der Waals surface area contributed by atoms with Crippen LogP contribution in [0.4, 0.5) is 0 Å². The quantitative estimate of drug-likeness (QED) is 0.773.